The van der Waals surface area contributed by atoms with Crippen molar-refractivity contribution in [2.45, 2.75) is 6.42 Å². The summed E-state index contributed by atoms with van der Waals surface area (Å²) >= 11 is 1.67. The Labute approximate surface area is 103 Å². The number of nitriles is 1. The van der Waals surface area contributed by atoms with Crippen molar-refractivity contribution in [3.8, 4) is 6.07 Å². The zero-order valence-corrected chi connectivity index (χ0v) is 9.93. The molecule has 0 amide bonds. The lowest BCUT2D eigenvalue weighted by atomic mass is 10.2. The normalized spacial score (nSPS) is 9.88. The van der Waals surface area contributed by atoms with Crippen molar-refractivity contribution in [1.82, 2.24) is 0 Å². The smallest absolute Gasteiger partial charge is 0.124 e. The molecule has 2 aromatic rings. The maximum absolute atomic E-state index is 12.9. The topological polar surface area (TPSA) is 35.8 Å². The molecular weight excluding hydrogens is 235 g/mol. The van der Waals surface area contributed by atoms with Crippen LogP contribution in [-0.2, 0) is 6.42 Å². The molecule has 1 N–H and O–H groups in total. The van der Waals surface area contributed by atoms with Crippen molar-refractivity contribution in [2.24, 2.45) is 0 Å². The molecule has 0 radical (unpaired) electrons. The number of hydrogen-bond donors (Lipinski definition) is 1. The van der Waals surface area contributed by atoms with Gasteiger partial charge in [0.2, 0.25) is 0 Å². The minimum absolute atomic E-state index is 0.343. The molecule has 0 aliphatic heterocycles. The van der Waals surface area contributed by atoms with E-state index in [9.17, 15) is 4.39 Å². The molecule has 0 atom stereocenters. The lowest BCUT2D eigenvalue weighted by Gasteiger charge is -2.07. The van der Waals surface area contributed by atoms with Gasteiger partial charge in [-0.15, -0.1) is 0 Å². The Bertz CT molecular complexity index is 529. The SMILES string of the molecule is N#Cc1cc(F)ccc1NCCc1ccsc1. The lowest BCUT2D eigenvalue weighted by molar-refractivity contribution is 0.627. The number of rotatable bonds is 4. The first-order valence-electron chi connectivity index (χ1n) is 5.24. The summed E-state index contributed by atoms with van der Waals surface area (Å²) in [6.07, 6.45) is 0.895. The molecule has 0 fully saturated rings. The van der Waals surface area contributed by atoms with Gasteiger partial charge >= 0.3 is 0 Å². The van der Waals surface area contributed by atoms with Gasteiger partial charge < -0.3 is 5.32 Å². The number of benzene rings is 1. The lowest BCUT2D eigenvalue weighted by Crippen LogP contribution is -2.05. The van der Waals surface area contributed by atoms with E-state index in [1.807, 2.05) is 11.4 Å². The van der Waals surface area contributed by atoms with Crippen LogP contribution in [0.3, 0.4) is 0 Å². The number of nitrogens with zero attached hydrogens (tertiary/aromatic N) is 1. The van der Waals surface area contributed by atoms with E-state index in [1.165, 1.54) is 17.7 Å². The molecule has 0 saturated heterocycles. The van der Waals surface area contributed by atoms with Gasteiger partial charge in [-0.2, -0.15) is 16.6 Å². The Morgan fingerprint density at radius 3 is 2.94 bits per heavy atom. The molecule has 0 aliphatic carbocycles. The molecule has 1 heterocycles. The van der Waals surface area contributed by atoms with Crippen LogP contribution in [0.25, 0.3) is 0 Å². The number of thiophene rings is 1. The molecule has 86 valence electrons. The van der Waals surface area contributed by atoms with Crippen LogP contribution in [0, 0.1) is 17.1 Å². The zero-order valence-electron chi connectivity index (χ0n) is 9.11. The highest BCUT2D eigenvalue weighted by atomic mass is 32.1. The van der Waals surface area contributed by atoms with E-state index in [0.717, 1.165) is 13.0 Å². The second-order valence-electron chi connectivity index (χ2n) is 3.61. The minimum atomic E-state index is -0.384. The highest BCUT2D eigenvalue weighted by Gasteiger charge is 2.02. The van der Waals surface area contributed by atoms with E-state index in [4.69, 9.17) is 5.26 Å². The zero-order chi connectivity index (χ0) is 12.1. The molecule has 1 aromatic carbocycles. The maximum atomic E-state index is 12.9. The van der Waals surface area contributed by atoms with Crippen molar-refractivity contribution in [1.29, 1.82) is 5.26 Å². The van der Waals surface area contributed by atoms with Crippen LogP contribution < -0.4 is 5.32 Å². The third-order valence-electron chi connectivity index (χ3n) is 2.41. The van der Waals surface area contributed by atoms with Crippen molar-refractivity contribution >= 4 is 17.0 Å². The summed E-state index contributed by atoms with van der Waals surface area (Å²) in [6.45, 7) is 0.733. The summed E-state index contributed by atoms with van der Waals surface area (Å²) < 4.78 is 12.9. The number of anilines is 1. The predicted molar refractivity (Wildman–Crippen MR) is 67.6 cm³/mol. The molecule has 4 heteroatoms. The summed E-state index contributed by atoms with van der Waals surface area (Å²) in [5.41, 5.74) is 2.29. The quantitative estimate of drug-likeness (QED) is 0.897. The minimum Gasteiger partial charge on any atom is -0.384 e. The summed E-state index contributed by atoms with van der Waals surface area (Å²) in [6, 6.07) is 8.25. The fraction of sp³-hybridized carbons (Fsp3) is 0.154. The van der Waals surface area contributed by atoms with E-state index in [-0.39, 0.29) is 5.82 Å². The van der Waals surface area contributed by atoms with Crippen molar-refractivity contribution in [3.63, 3.8) is 0 Å². The Balaban J connectivity index is 1.97. The molecule has 0 spiro atoms. The first-order valence-corrected chi connectivity index (χ1v) is 6.18. The van der Waals surface area contributed by atoms with Crippen molar-refractivity contribution in [3.05, 3.63) is 52.0 Å². The van der Waals surface area contributed by atoms with Crippen LogP contribution in [0.1, 0.15) is 11.1 Å². The second-order valence-corrected chi connectivity index (χ2v) is 4.39. The molecule has 17 heavy (non-hydrogen) atoms. The Kier molecular flexibility index (Phi) is 3.73. The third kappa shape index (κ3) is 3.05. The predicted octanol–water partition coefficient (Wildman–Crippen LogP) is 3.41. The Morgan fingerprint density at radius 2 is 2.24 bits per heavy atom. The van der Waals surface area contributed by atoms with E-state index >= 15 is 0 Å². The van der Waals surface area contributed by atoms with Crippen LogP contribution in [-0.4, -0.2) is 6.54 Å². The number of hydrogen-bond acceptors (Lipinski definition) is 3. The van der Waals surface area contributed by atoms with Gasteiger partial charge in [0, 0.05) is 6.54 Å². The highest BCUT2D eigenvalue weighted by molar-refractivity contribution is 7.07. The third-order valence-corrected chi connectivity index (χ3v) is 3.14. The highest BCUT2D eigenvalue weighted by Crippen LogP contribution is 2.16. The number of nitrogens with one attached hydrogen (secondary N) is 1. The average molecular weight is 246 g/mol. The molecule has 2 rings (SSSR count). The maximum Gasteiger partial charge on any atom is 0.124 e. The molecule has 0 aliphatic rings. The van der Waals surface area contributed by atoms with Gasteiger partial charge in [0.15, 0.2) is 0 Å². The van der Waals surface area contributed by atoms with Gasteiger partial charge in [0.25, 0.3) is 0 Å². The van der Waals surface area contributed by atoms with E-state index in [1.54, 1.807) is 17.4 Å². The second kappa shape index (κ2) is 5.46. The van der Waals surface area contributed by atoms with Crippen LogP contribution in [0.4, 0.5) is 10.1 Å². The summed E-state index contributed by atoms with van der Waals surface area (Å²) in [4.78, 5) is 0. The average Bonchev–Trinajstić information content (AvgIpc) is 2.84. The summed E-state index contributed by atoms with van der Waals surface area (Å²) in [5.74, 6) is -0.384. The molecule has 0 bridgehead atoms. The fourth-order valence-corrected chi connectivity index (χ4v) is 2.24. The standard InChI is InChI=1S/C13H11FN2S/c14-12-1-2-13(11(7-12)8-15)16-5-3-10-4-6-17-9-10/h1-2,4,6-7,9,16H,3,5H2. The van der Waals surface area contributed by atoms with Crippen molar-refractivity contribution < 1.29 is 4.39 Å². The number of halogens is 1. The van der Waals surface area contributed by atoms with Gasteiger partial charge in [0.05, 0.1) is 11.3 Å². The van der Waals surface area contributed by atoms with Gasteiger partial charge in [-0.05, 0) is 47.0 Å². The van der Waals surface area contributed by atoms with E-state index in [0.29, 0.717) is 11.3 Å². The molecule has 0 unspecified atom stereocenters. The Hall–Kier alpha value is -1.86. The first-order chi connectivity index (χ1) is 8.29. The largest absolute Gasteiger partial charge is 0.384 e. The first kappa shape index (κ1) is 11.6. The van der Waals surface area contributed by atoms with Gasteiger partial charge in [0.1, 0.15) is 11.9 Å². The van der Waals surface area contributed by atoms with Crippen LogP contribution in [0.5, 0.6) is 0 Å². The molecule has 0 saturated carbocycles. The van der Waals surface area contributed by atoms with Crippen LogP contribution in [0.2, 0.25) is 0 Å². The van der Waals surface area contributed by atoms with E-state index < -0.39 is 0 Å². The van der Waals surface area contributed by atoms with Gasteiger partial charge in [-0.1, -0.05) is 0 Å². The Morgan fingerprint density at radius 1 is 1.35 bits per heavy atom. The summed E-state index contributed by atoms with van der Waals surface area (Å²) in [7, 11) is 0. The molecule has 2 nitrogen and oxygen atoms in total. The van der Waals surface area contributed by atoms with Gasteiger partial charge in [-0.25, -0.2) is 4.39 Å². The van der Waals surface area contributed by atoms with Crippen molar-refractivity contribution in [2.75, 3.05) is 11.9 Å². The van der Waals surface area contributed by atoms with Gasteiger partial charge in [-0.3, -0.25) is 0 Å². The molecule has 1 aromatic heterocycles. The monoisotopic (exact) mass is 246 g/mol. The molecular formula is C13H11FN2S. The van der Waals surface area contributed by atoms with Crippen LogP contribution in [0.15, 0.2) is 35.0 Å². The van der Waals surface area contributed by atoms with E-state index in [2.05, 4.69) is 16.8 Å². The van der Waals surface area contributed by atoms with Crippen LogP contribution >= 0.6 is 11.3 Å². The fourth-order valence-electron chi connectivity index (χ4n) is 1.54. The summed E-state index contributed by atoms with van der Waals surface area (Å²) in [5, 5.41) is 16.1.